The molecule has 166 valence electrons. The molecule has 3 aromatic carbocycles. The minimum atomic E-state index is -3.87. The molecular weight excluding hydrogens is 428 g/mol. The molecule has 32 heavy (non-hydrogen) atoms. The Morgan fingerprint density at radius 3 is 2.12 bits per heavy atom. The molecule has 8 heteroatoms. The van der Waals surface area contributed by atoms with Crippen LogP contribution in [0.4, 0.5) is 0 Å². The second-order valence-corrected chi connectivity index (χ2v) is 8.88. The van der Waals surface area contributed by atoms with E-state index in [4.69, 9.17) is 14.2 Å². The highest BCUT2D eigenvalue weighted by atomic mass is 32.2. The lowest BCUT2D eigenvalue weighted by Crippen LogP contribution is -2.39. The third-order valence-electron chi connectivity index (χ3n) is 5.26. The average Bonchev–Trinajstić information content (AvgIpc) is 3.30. The van der Waals surface area contributed by atoms with Crippen molar-refractivity contribution in [2.45, 2.75) is 10.9 Å². The molecule has 0 radical (unpaired) electrons. The standard InChI is InChI=1S/C24H24N2O5S/c1-29-22-12-8-7-11-19(22)21-16-20(17-13-14-23(30-2)24(15-17)31-3)25-26(21)32(27,28)18-9-5-4-6-10-18/h4-16,21,25H,1-3H3. The first-order chi connectivity index (χ1) is 15.5. The van der Waals surface area contributed by atoms with Crippen LogP contribution in [0.1, 0.15) is 17.2 Å². The molecule has 1 aliphatic heterocycles. The summed E-state index contributed by atoms with van der Waals surface area (Å²) in [6, 6.07) is 20.5. The number of hydrogen-bond donors (Lipinski definition) is 1. The van der Waals surface area contributed by atoms with E-state index in [2.05, 4.69) is 5.43 Å². The molecule has 1 aliphatic rings. The van der Waals surface area contributed by atoms with Crippen LogP contribution >= 0.6 is 0 Å². The summed E-state index contributed by atoms with van der Waals surface area (Å²) in [4.78, 5) is 0.189. The number of nitrogens with one attached hydrogen (secondary N) is 1. The van der Waals surface area contributed by atoms with Crippen LogP contribution in [-0.2, 0) is 10.0 Å². The van der Waals surface area contributed by atoms with Crippen molar-refractivity contribution in [2.75, 3.05) is 21.3 Å². The molecule has 1 unspecified atom stereocenters. The van der Waals surface area contributed by atoms with Crippen LogP contribution in [0.3, 0.4) is 0 Å². The molecule has 0 saturated heterocycles. The van der Waals surface area contributed by atoms with Gasteiger partial charge in [-0.3, -0.25) is 0 Å². The fourth-order valence-corrected chi connectivity index (χ4v) is 5.08. The number of hydrazine groups is 1. The molecule has 0 spiro atoms. The highest BCUT2D eigenvalue weighted by Gasteiger charge is 2.38. The van der Waals surface area contributed by atoms with E-state index in [-0.39, 0.29) is 4.90 Å². The number of hydrogen-bond acceptors (Lipinski definition) is 6. The zero-order valence-electron chi connectivity index (χ0n) is 18.0. The van der Waals surface area contributed by atoms with Gasteiger partial charge in [0.1, 0.15) is 5.75 Å². The summed E-state index contributed by atoms with van der Waals surface area (Å²) in [6.07, 6.45) is 1.86. The van der Waals surface area contributed by atoms with Gasteiger partial charge in [0.2, 0.25) is 0 Å². The third kappa shape index (κ3) is 3.90. The van der Waals surface area contributed by atoms with Gasteiger partial charge in [0.15, 0.2) is 11.5 Å². The SMILES string of the molecule is COc1ccc(C2=CC(c3ccccc3OC)N(S(=O)(=O)c3ccccc3)N2)cc1OC. The summed E-state index contributed by atoms with van der Waals surface area (Å²) in [5.41, 5.74) is 5.19. The van der Waals surface area contributed by atoms with Gasteiger partial charge in [-0.15, -0.1) is 4.41 Å². The number of rotatable bonds is 7. The number of nitrogens with zero attached hydrogens (tertiary/aromatic N) is 1. The second-order valence-electron chi connectivity index (χ2n) is 7.06. The summed E-state index contributed by atoms with van der Waals surface area (Å²) < 4.78 is 44.6. The molecule has 0 amide bonds. The molecule has 7 nitrogen and oxygen atoms in total. The minimum Gasteiger partial charge on any atom is -0.496 e. The van der Waals surface area contributed by atoms with E-state index in [0.29, 0.717) is 22.9 Å². The van der Waals surface area contributed by atoms with Gasteiger partial charge in [-0.25, -0.2) is 8.42 Å². The first kappa shape index (κ1) is 21.7. The maximum atomic E-state index is 13.6. The van der Waals surface area contributed by atoms with Crippen LogP contribution in [0.2, 0.25) is 0 Å². The van der Waals surface area contributed by atoms with E-state index in [1.807, 2.05) is 36.4 Å². The fourth-order valence-electron chi connectivity index (χ4n) is 3.66. The monoisotopic (exact) mass is 452 g/mol. The number of para-hydroxylation sites is 1. The summed E-state index contributed by atoms with van der Waals surface area (Å²) >= 11 is 0. The Morgan fingerprint density at radius 1 is 0.781 bits per heavy atom. The largest absolute Gasteiger partial charge is 0.496 e. The van der Waals surface area contributed by atoms with Crippen molar-refractivity contribution in [1.82, 2.24) is 9.84 Å². The van der Waals surface area contributed by atoms with Gasteiger partial charge in [0.25, 0.3) is 10.0 Å². The summed E-state index contributed by atoms with van der Waals surface area (Å²) in [5.74, 6) is 1.73. The van der Waals surface area contributed by atoms with Crippen molar-refractivity contribution in [2.24, 2.45) is 0 Å². The number of sulfonamides is 1. The van der Waals surface area contributed by atoms with Gasteiger partial charge in [-0.1, -0.05) is 36.4 Å². The highest BCUT2D eigenvalue weighted by Crippen LogP contribution is 2.40. The van der Waals surface area contributed by atoms with E-state index in [1.165, 1.54) is 4.41 Å². The Hall–Kier alpha value is -3.49. The third-order valence-corrected chi connectivity index (χ3v) is 6.96. The zero-order valence-corrected chi connectivity index (χ0v) is 18.8. The molecule has 3 aromatic rings. The Kier molecular flexibility index (Phi) is 6.07. The van der Waals surface area contributed by atoms with Crippen molar-refractivity contribution in [3.63, 3.8) is 0 Å². The van der Waals surface area contributed by atoms with Crippen LogP contribution < -0.4 is 19.6 Å². The van der Waals surface area contributed by atoms with Crippen molar-refractivity contribution < 1.29 is 22.6 Å². The van der Waals surface area contributed by atoms with Crippen molar-refractivity contribution in [3.8, 4) is 17.2 Å². The van der Waals surface area contributed by atoms with E-state index < -0.39 is 16.1 Å². The Bertz CT molecular complexity index is 1240. The maximum absolute atomic E-state index is 13.6. The number of benzene rings is 3. The van der Waals surface area contributed by atoms with Gasteiger partial charge < -0.3 is 19.6 Å². The Morgan fingerprint density at radius 2 is 1.44 bits per heavy atom. The normalized spacial score (nSPS) is 16.2. The van der Waals surface area contributed by atoms with Crippen LogP contribution in [0.15, 0.2) is 83.8 Å². The van der Waals surface area contributed by atoms with Gasteiger partial charge in [0, 0.05) is 11.1 Å². The molecule has 0 bridgehead atoms. The van der Waals surface area contributed by atoms with E-state index in [9.17, 15) is 8.42 Å². The van der Waals surface area contributed by atoms with Crippen molar-refractivity contribution in [1.29, 1.82) is 0 Å². The molecule has 0 fully saturated rings. The average molecular weight is 453 g/mol. The van der Waals surface area contributed by atoms with E-state index in [1.54, 1.807) is 63.8 Å². The number of ether oxygens (including phenoxy) is 3. The van der Waals surface area contributed by atoms with Crippen molar-refractivity contribution >= 4 is 15.7 Å². The highest BCUT2D eigenvalue weighted by molar-refractivity contribution is 7.89. The Labute approximate surface area is 187 Å². The molecule has 1 atom stereocenters. The molecule has 1 N–H and O–H groups in total. The van der Waals surface area contributed by atoms with Gasteiger partial charge in [0.05, 0.1) is 38.0 Å². The predicted octanol–water partition coefficient (Wildman–Crippen LogP) is 4.00. The quantitative estimate of drug-likeness (QED) is 0.584. The lowest BCUT2D eigenvalue weighted by Gasteiger charge is -2.26. The first-order valence-electron chi connectivity index (χ1n) is 9.93. The van der Waals surface area contributed by atoms with Crippen molar-refractivity contribution in [3.05, 3.63) is 90.0 Å². The van der Waals surface area contributed by atoms with Gasteiger partial charge >= 0.3 is 0 Å². The Balaban J connectivity index is 1.83. The summed E-state index contributed by atoms with van der Waals surface area (Å²) in [7, 11) is 0.817. The lowest BCUT2D eigenvalue weighted by molar-refractivity contribution is 0.334. The summed E-state index contributed by atoms with van der Waals surface area (Å²) in [6.45, 7) is 0. The minimum absolute atomic E-state index is 0.189. The van der Waals surface area contributed by atoms with Crippen LogP contribution in [0, 0.1) is 0 Å². The molecular formula is C24H24N2O5S. The van der Waals surface area contributed by atoms with Crippen LogP contribution in [0.5, 0.6) is 17.2 Å². The number of methoxy groups -OCH3 is 3. The van der Waals surface area contributed by atoms with Crippen LogP contribution in [-0.4, -0.2) is 34.2 Å². The predicted molar refractivity (Wildman–Crippen MR) is 122 cm³/mol. The smallest absolute Gasteiger partial charge is 0.260 e. The van der Waals surface area contributed by atoms with E-state index in [0.717, 1.165) is 11.1 Å². The maximum Gasteiger partial charge on any atom is 0.260 e. The van der Waals surface area contributed by atoms with Crippen LogP contribution in [0.25, 0.3) is 5.70 Å². The van der Waals surface area contributed by atoms with E-state index >= 15 is 0 Å². The molecule has 0 saturated carbocycles. The molecule has 0 aliphatic carbocycles. The molecule has 4 rings (SSSR count). The first-order valence-corrected chi connectivity index (χ1v) is 11.4. The topological polar surface area (TPSA) is 77.1 Å². The summed E-state index contributed by atoms with van der Waals surface area (Å²) in [5, 5.41) is 0. The molecule has 0 aromatic heterocycles. The molecule has 1 heterocycles. The second kappa shape index (κ2) is 8.94. The lowest BCUT2D eigenvalue weighted by atomic mass is 10.0. The fraction of sp³-hybridized carbons (Fsp3) is 0.167. The zero-order chi connectivity index (χ0) is 22.7. The van der Waals surface area contributed by atoms with Gasteiger partial charge in [-0.05, 0) is 42.5 Å². The van der Waals surface area contributed by atoms with Gasteiger partial charge in [-0.2, -0.15) is 0 Å².